The maximum absolute atomic E-state index is 5.75. The number of ether oxygens (including phenoxy) is 1. The highest BCUT2D eigenvalue weighted by molar-refractivity contribution is 5.29. The summed E-state index contributed by atoms with van der Waals surface area (Å²) in [7, 11) is 0. The SMILES string of the molecule is CC(C)COc1cnccc1CNC1CC1. The monoisotopic (exact) mass is 220 g/mol. The van der Waals surface area contributed by atoms with Crippen LogP contribution < -0.4 is 10.1 Å². The average Bonchev–Trinajstić information content (AvgIpc) is 3.08. The standard InChI is InChI=1S/C13H20N2O/c1-10(2)9-16-13-8-14-6-5-11(13)7-15-12-3-4-12/h5-6,8,10,12,15H,3-4,7,9H2,1-2H3. The molecule has 16 heavy (non-hydrogen) atoms. The summed E-state index contributed by atoms with van der Waals surface area (Å²) in [6, 6.07) is 2.76. The summed E-state index contributed by atoms with van der Waals surface area (Å²) in [5.41, 5.74) is 1.21. The van der Waals surface area contributed by atoms with Crippen molar-refractivity contribution in [3.8, 4) is 5.75 Å². The van der Waals surface area contributed by atoms with E-state index in [1.807, 2.05) is 18.5 Å². The van der Waals surface area contributed by atoms with Gasteiger partial charge in [0.15, 0.2) is 0 Å². The van der Waals surface area contributed by atoms with Crippen molar-refractivity contribution >= 4 is 0 Å². The molecule has 0 aliphatic heterocycles. The molecular weight excluding hydrogens is 200 g/mol. The van der Waals surface area contributed by atoms with E-state index in [1.54, 1.807) is 0 Å². The normalized spacial score (nSPS) is 15.4. The first kappa shape index (κ1) is 11.4. The summed E-state index contributed by atoms with van der Waals surface area (Å²) in [5.74, 6) is 1.47. The molecule has 0 amide bonds. The Hall–Kier alpha value is -1.09. The Bertz CT molecular complexity index is 309. The van der Waals surface area contributed by atoms with Gasteiger partial charge >= 0.3 is 0 Å². The fraction of sp³-hybridized carbons (Fsp3) is 0.615. The quantitative estimate of drug-likeness (QED) is 0.799. The number of pyridine rings is 1. The molecule has 1 aliphatic carbocycles. The van der Waals surface area contributed by atoms with E-state index in [2.05, 4.69) is 24.1 Å². The predicted molar refractivity (Wildman–Crippen MR) is 64.4 cm³/mol. The second kappa shape index (κ2) is 5.30. The molecule has 0 atom stereocenters. The Kier molecular flexibility index (Phi) is 3.78. The van der Waals surface area contributed by atoms with Crippen molar-refractivity contribution in [1.29, 1.82) is 0 Å². The molecule has 0 aromatic carbocycles. The minimum absolute atomic E-state index is 0.546. The molecule has 1 N–H and O–H groups in total. The van der Waals surface area contributed by atoms with Gasteiger partial charge in [-0.2, -0.15) is 0 Å². The van der Waals surface area contributed by atoms with E-state index in [9.17, 15) is 0 Å². The molecule has 0 radical (unpaired) electrons. The van der Waals surface area contributed by atoms with Crippen LogP contribution in [0.2, 0.25) is 0 Å². The lowest BCUT2D eigenvalue weighted by Crippen LogP contribution is -2.16. The third kappa shape index (κ3) is 3.49. The largest absolute Gasteiger partial charge is 0.491 e. The van der Waals surface area contributed by atoms with Crippen molar-refractivity contribution in [2.75, 3.05) is 6.61 Å². The number of rotatable bonds is 6. The van der Waals surface area contributed by atoms with E-state index < -0.39 is 0 Å². The van der Waals surface area contributed by atoms with Gasteiger partial charge in [-0.25, -0.2) is 0 Å². The number of hydrogen-bond acceptors (Lipinski definition) is 3. The second-order valence-electron chi connectivity index (χ2n) is 4.84. The molecule has 2 rings (SSSR count). The summed E-state index contributed by atoms with van der Waals surface area (Å²) in [6.45, 7) is 5.94. The molecule has 0 saturated heterocycles. The van der Waals surface area contributed by atoms with Crippen molar-refractivity contribution in [2.45, 2.75) is 39.3 Å². The fourth-order valence-electron chi connectivity index (χ4n) is 1.48. The summed E-state index contributed by atoms with van der Waals surface area (Å²) in [5, 5.41) is 3.49. The number of nitrogens with one attached hydrogen (secondary N) is 1. The third-order valence-corrected chi connectivity index (χ3v) is 2.60. The molecule has 3 nitrogen and oxygen atoms in total. The number of hydrogen-bond donors (Lipinski definition) is 1. The zero-order valence-electron chi connectivity index (χ0n) is 10.1. The molecule has 3 heteroatoms. The molecule has 1 heterocycles. The summed E-state index contributed by atoms with van der Waals surface area (Å²) in [6.07, 6.45) is 6.26. The Balaban J connectivity index is 1.92. The van der Waals surface area contributed by atoms with Crippen LogP contribution in [0, 0.1) is 5.92 Å². The van der Waals surface area contributed by atoms with Crippen molar-refractivity contribution in [2.24, 2.45) is 5.92 Å². The second-order valence-corrected chi connectivity index (χ2v) is 4.84. The van der Waals surface area contributed by atoms with E-state index in [0.717, 1.165) is 24.9 Å². The zero-order chi connectivity index (χ0) is 11.4. The van der Waals surface area contributed by atoms with Crippen molar-refractivity contribution in [3.05, 3.63) is 24.0 Å². The van der Waals surface area contributed by atoms with E-state index in [0.29, 0.717) is 5.92 Å². The van der Waals surface area contributed by atoms with E-state index in [-0.39, 0.29) is 0 Å². The molecule has 0 unspecified atom stereocenters. The Labute approximate surface area is 97.2 Å². The van der Waals surface area contributed by atoms with Crippen LogP contribution >= 0.6 is 0 Å². The van der Waals surface area contributed by atoms with Crippen LogP contribution in [0.3, 0.4) is 0 Å². The van der Waals surface area contributed by atoms with Gasteiger partial charge in [0.25, 0.3) is 0 Å². The molecule has 1 fully saturated rings. The first-order chi connectivity index (χ1) is 7.75. The molecular formula is C13H20N2O. The zero-order valence-corrected chi connectivity index (χ0v) is 10.1. The maximum Gasteiger partial charge on any atom is 0.142 e. The Morgan fingerprint density at radius 1 is 1.50 bits per heavy atom. The van der Waals surface area contributed by atoms with Crippen molar-refractivity contribution in [3.63, 3.8) is 0 Å². The van der Waals surface area contributed by atoms with Crippen molar-refractivity contribution < 1.29 is 4.74 Å². The average molecular weight is 220 g/mol. The Morgan fingerprint density at radius 2 is 2.31 bits per heavy atom. The van der Waals surface area contributed by atoms with Crippen LogP contribution in [0.1, 0.15) is 32.3 Å². The highest BCUT2D eigenvalue weighted by Gasteiger charge is 2.20. The van der Waals surface area contributed by atoms with Gasteiger partial charge in [-0.15, -0.1) is 0 Å². The minimum atomic E-state index is 0.546. The minimum Gasteiger partial charge on any atom is -0.491 e. The van der Waals surface area contributed by atoms with Crippen LogP contribution in [-0.4, -0.2) is 17.6 Å². The first-order valence-electron chi connectivity index (χ1n) is 6.05. The van der Waals surface area contributed by atoms with Crippen LogP contribution in [0.4, 0.5) is 0 Å². The highest BCUT2D eigenvalue weighted by atomic mass is 16.5. The van der Waals surface area contributed by atoms with Crippen molar-refractivity contribution in [1.82, 2.24) is 10.3 Å². The van der Waals surface area contributed by atoms with Crippen LogP contribution in [0.15, 0.2) is 18.5 Å². The molecule has 0 spiro atoms. The van der Waals surface area contributed by atoms with Gasteiger partial charge in [-0.3, -0.25) is 4.98 Å². The molecule has 88 valence electrons. The number of aromatic nitrogens is 1. The maximum atomic E-state index is 5.75. The van der Waals surface area contributed by atoms with Gasteiger partial charge < -0.3 is 10.1 Å². The van der Waals surface area contributed by atoms with Crippen LogP contribution in [-0.2, 0) is 6.54 Å². The summed E-state index contributed by atoms with van der Waals surface area (Å²) >= 11 is 0. The number of nitrogens with zero attached hydrogens (tertiary/aromatic N) is 1. The smallest absolute Gasteiger partial charge is 0.142 e. The van der Waals surface area contributed by atoms with Gasteiger partial charge in [-0.05, 0) is 24.8 Å². The lowest BCUT2D eigenvalue weighted by atomic mass is 10.2. The van der Waals surface area contributed by atoms with Crippen LogP contribution in [0.5, 0.6) is 5.75 Å². The molecule has 1 saturated carbocycles. The van der Waals surface area contributed by atoms with Gasteiger partial charge in [0.2, 0.25) is 0 Å². The lowest BCUT2D eigenvalue weighted by molar-refractivity contribution is 0.267. The predicted octanol–water partition coefficient (Wildman–Crippen LogP) is 2.37. The van der Waals surface area contributed by atoms with E-state index >= 15 is 0 Å². The van der Waals surface area contributed by atoms with Gasteiger partial charge in [0.05, 0.1) is 12.8 Å². The summed E-state index contributed by atoms with van der Waals surface area (Å²) < 4.78 is 5.75. The Morgan fingerprint density at radius 3 is 3.00 bits per heavy atom. The molecule has 1 aromatic rings. The molecule has 1 aliphatic rings. The van der Waals surface area contributed by atoms with Gasteiger partial charge in [0, 0.05) is 24.3 Å². The third-order valence-electron chi connectivity index (χ3n) is 2.60. The van der Waals surface area contributed by atoms with Gasteiger partial charge in [-0.1, -0.05) is 13.8 Å². The van der Waals surface area contributed by atoms with Gasteiger partial charge in [0.1, 0.15) is 5.75 Å². The van der Waals surface area contributed by atoms with E-state index in [1.165, 1.54) is 18.4 Å². The van der Waals surface area contributed by atoms with Crippen LogP contribution in [0.25, 0.3) is 0 Å². The highest BCUT2D eigenvalue weighted by Crippen LogP contribution is 2.22. The summed E-state index contributed by atoms with van der Waals surface area (Å²) in [4.78, 5) is 4.11. The first-order valence-corrected chi connectivity index (χ1v) is 6.05. The fourth-order valence-corrected chi connectivity index (χ4v) is 1.48. The van der Waals surface area contributed by atoms with E-state index in [4.69, 9.17) is 4.74 Å². The molecule has 1 aromatic heterocycles. The molecule has 0 bridgehead atoms. The lowest BCUT2D eigenvalue weighted by Gasteiger charge is -2.12. The topological polar surface area (TPSA) is 34.1 Å².